The quantitative estimate of drug-likeness (QED) is 0.499. The van der Waals surface area contributed by atoms with Crippen LogP contribution < -0.4 is 4.90 Å². The molecule has 0 fully saturated rings. The first-order chi connectivity index (χ1) is 13.1. The van der Waals surface area contributed by atoms with Crippen molar-refractivity contribution in [2.45, 2.75) is 13.5 Å². The molecule has 0 atom stereocenters. The summed E-state index contributed by atoms with van der Waals surface area (Å²) < 4.78 is 0. The summed E-state index contributed by atoms with van der Waals surface area (Å²) in [5.74, 6) is -0.296. The Bertz CT molecular complexity index is 1030. The van der Waals surface area contributed by atoms with E-state index in [4.69, 9.17) is 0 Å². The van der Waals surface area contributed by atoms with Crippen LogP contribution >= 0.6 is 0 Å². The minimum Gasteiger partial charge on any atom is -0.303 e. The van der Waals surface area contributed by atoms with Gasteiger partial charge in [0.15, 0.2) is 5.78 Å². The highest BCUT2D eigenvalue weighted by molar-refractivity contribution is 6.35. The SMILES string of the molecule is Cc1ccc(C(=O)/C=C2/C(=O)N(Cc3ccccc3)c3ccccc32)cc1. The lowest BCUT2D eigenvalue weighted by Gasteiger charge is -2.17. The van der Waals surface area contributed by atoms with Crippen LogP contribution in [0.15, 0.2) is 84.9 Å². The summed E-state index contributed by atoms with van der Waals surface area (Å²) in [4.78, 5) is 27.5. The van der Waals surface area contributed by atoms with Crippen LogP contribution in [0.4, 0.5) is 5.69 Å². The maximum atomic E-state index is 13.1. The van der Waals surface area contributed by atoms with E-state index in [-0.39, 0.29) is 11.7 Å². The molecule has 3 heteroatoms. The van der Waals surface area contributed by atoms with Crippen molar-refractivity contribution in [3.05, 3.63) is 107 Å². The highest BCUT2D eigenvalue weighted by Crippen LogP contribution is 2.37. The van der Waals surface area contributed by atoms with Gasteiger partial charge in [0, 0.05) is 11.1 Å². The summed E-state index contributed by atoms with van der Waals surface area (Å²) in [7, 11) is 0. The van der Waals surface area contributed by atoms with E-state index in [1.54, 1.807) is 17.0 Å². The maximum Gasteiger partial charge on any atom is 0.259 e. The molecule has 0 spiro atoms. The van der Waals surface area contributed by atoms with Gasteiger partial charge in [-0.3, -0.25) is 9.59 Å². The minimum absolute atomic E-state index is 0.138. The summed E-state index contributed by atoms with van der Waals surface area (Å²) in [5, 5.41) is 0. The van der Waals surface area contributed by atoms with Gasteiger partial charge in [0.1, 0.15) is 0 Å². The van der Waals surface area contributed by atoms with Gasteiger partial charge in [-0.1, -0.05) is 78.4 Å². The third kappa shape index (κ3) is 3.32. The van der Waals surface area contributed by atoms with Gasteiger partial charge in [-0.25, -0.2) is 0 Å². The fourth-order valence-electron chi connectivity index (χ4n) is 3.30. The summed E-state index contributed by atoms with van der Waals surface area (Å²) in [6.45, 7) is 2.46. The molecule has 4 rings (SSSR count). The van der Waals surface area contributed by atoms with Crippen LogP contribution in [0.3, 0.4) is 0 Å². The van der Waals surface area contributed by atoms with Crippen molar-refractivity contribution >= 4 is 23.0 Å². The fourth-order valence-corrected chi connectivity index (χ4v) is 3.30. The van der Waals surface area contributed by atoms with Crippen LogP contribution in [0.25, 0.3) is 5.57 Å². The Labute approximate surface area is 158 Å². The Morgan fingerprint density at radius 1 is 0.889 bits per heavy atom. The van der Waals surface area contributed by atoms with Crippen molar-refractivity contribution in [2.24, 2.45) is 0 Å². The first-order valence-corrected chi connectivity index (χ1v) is 8.91. The van der Waals surface area contributed by atoms with Gasteiger partial charge >= 0.3 is 0 Å². The van der Waals surface area contributed by atoms with Gasteiger partial charge in [0.05, 0.1) is 17.8 Å². The first kappa shape index (κ1) is 17.0. The zero-order valence-corrected chi connectivity index (χ0v) is 15.1. The normalized spacial score (nSPS) is 14.5. The first-order valence-electron chi connectivity index (χ1n) is 8.91. The molecule has 1 aliphatic heterocycles. The highest BCUT2D eigenvalue weighted by Gasteiger charge is 2.32. The lowest BCUT2D eigenvalue weighted by atomic mass is 10.0. The second-order valence-corrected chi connectivity index (χ2v) is 6.68. The third-order valence-corrected chi connectivity index (χ3v) is 4.76. The number of para-hydroxylation sites is 1. The molecule has 0 saturated heterocycles. The molecule has 1 amide bonds. The fraction of sp³-hybridized carbons (Fsp3) is 0.0833. The molecule has 0 N–H and O–H groups in total. The predicted octanol–water partition coefficient (Wildman–Crippen LogP) is 4.81. The molecule has 3 aromatic carbocycles. The number of rotatable bonds is 4. The zero-order valence-electron chi connectivity index (χ0n) is 15.1. The maximum absolute atomic E-state index is 13.1. The average molecular weight is 353 g/mol. The second kappa shape index (κ2) is 7.04. The van der Waals surface area contributed by atoms with Crippen molar-refractivity contribution in [1.82, 2.24) is 0 Å². The van der Waals surface area contributed by atoms with Crippen molar-refractivity contribution in [2.75, 3.05) is 4.90 Å². The molecule has 1 aliphatic rings. The Kier molecular flexibility index (Phi) is 4.43. The summed E-state index contributed by atoms with van der Waals surface area (Å²) in [6, 6.07) is 24.9. The minimum atomic E-state index is -0.158. The molecule has 0 radical (unpaired) electrons. The van der Waals surface area contributed by atoms with Crippen LogP contribution in [0, 0.1) is 6.92 Å². The molecular formula is C24H19NO2. The van der Waals surface area contributed by atoms with Crippen molar-refractivity contribution in [1.29, 1.82) is 0 Å². The van der Waals surface area contributed by atoms with Gasteiger partial charge < -0.3 is 4.90 Å². The van der Waals surface area contributed by atoms with Crippen LogP contribution in [0.1, 0.15) is 27.0 Å². The van der Waals surface area contributed by atoms with Crippen LogP contribution in [0.5, 0.6) is 0 Å². The van der Waals surface area contributed by atoms with E-state index < -0.39 is 0 Å². The monoisotopic (exact) mass is 353 g/mol. The lowest BCUT2D eigenvalue weighted by molar-refractivity contribution is -0.113. The van der Waals surface area contributed by atoms with Gasteiger partial charge in [-0.2, -0.15) is 0 Å². The molecule has 0 unspecified atom stereocenters. The number of nitrogens with zero attached hydrogens (tertiary/aromatic N) is 1. The van der Waals surface area contributed by atoms with Crippen molar-refractivity contribution in [3.63, 3.8) is 0 Å². The van der Waals surface area contributed by atoms with E-state index >= 15 is 0 Å². The number of aryl methyl sites for hydroxylation is 1. The Morgan fingerprint density at radius 2 is 1.56 bits per heavy atom. The summed E-state index contributed by atoms with van der Waals surface area (Å²) >= 11 is 0. The number of benzene rings is 3. The number of anilines is 1. The number of allylic oxidation sites excluding steroid dienone is 1. The molecule has 0 bridgehead atoms. The Balaban J connectivity index is 1.70. The van der Waals surface area contributed by atoms with Crippen LogP contribution in [0.2, 0.25) is 0 Å². The second-order valence-electron chi connectivity index (χ2n) is 6.68. The zero-order chi connectivity index (χ0) is 18.8. The van der Waals surface area contributed by atoms with Gasteiger partial charge in [0.2, 0.25) is 0 Å². The highest BCUT2D eigenvalue weighted by atomic mass is 16.2. The van der Waals surface area contributed by atoms with Crippen LogP contribution in [-0.4, -0.2) is 11.7 Å². The molecule has 3 nitrogen and oxygen atoms in total. The third-order valence-electron chi connectivity index (χ3n) is 4.76. The van der Waals surface area contributed by atoms with E-state index in [2.05, 4.69) is 0 Å². The average Bonchev–Trinajstić information content (AvgIpc) is 2.95. The molecule has 132 valence electrons. The van der Waals surface area contributed by atoms with E-state index in [1.165, 1.54) is 6.08 Å². The van der Waals surface area contributed by atoms with E-state index in [9.17, 15) is 9.59 Å². The molecule has 0 aromatic heterocycles. The molecule has 27 heavy (non-hydrogen) atoms. The summed E-state index contributed by atoms with van der Waals surface area (Å²) in [5.41, 5.74) is 4.82. The lowest BCUT2D eigenvalue weighted by Crippen LogP contribution is -2.25. The Morgan fingerprint density at radius 3 is 2.30 bits per heavy atom. The number of fused-ring (bicyclic) bond motifs is 1. The number of ketones is 1. The van der Waals surface area contributed by atoms with E-state index in [0.29, 0.717) is 17.7 Å². The standard InChI is InChI=1S/C24H19NO2/c1-17-11-13-19(14-12-17)23(26)15-21-20-9-5-6-10-22(20)25(24(21)27)16-18-7-3-2-4-8-18/h2-15H,16H2,1H3/b21-15+. The number of carbonyl (C=O) groups is 2. The molecule has 1 heterocycles. The van der Waals surface area contributed by atoms with Gasteiger partial charge in [-0.05, 0) is 24.6 Å². The number of carbonyl (C=O) groups excluding carboxylic acids is 2. The molecular weight excluding hydrogens is 334 g/mol. The van der Waals surface area contributed by atoms with Crippen molar-refractivity contribution in [3.8, 4) is 0 Å². The summed E-state index contributed by atoms with van der Waals surface area (Å²) in [6.07, 6.45) is 1.47. The topological polar surface area (TPSA) is 37.4 Å². The van der Waals surface area contributed by atoms with Crippen molar-refractivity contribution < 1.29 is 9.59 Å². The van der Waals surface area contributed by atoms with E-state index in [0.717, 1.165) is 22.4 Å². The predicted molar refractivity (Wildman–Crippen MR) is 108 cm³/mol. The molecule has 0 aliphatic carbocycles. The Hall–Kier alpha value is -3.46. The number of hydrogen-bond acceptors (Lipinski definition) is 2. The van der Waals surface area contributed by atoms with E-state index in [1.807, 2.05) is 73.7 Å². The van der Waals surface area contributed by atoms with Gasteiger partial charge in [-0.15, -0.1) is 0 Å². The smallest absolute Gasteiger partial charge is 0.259 e. The van der Waals surface area contributed by atoms with Gasteiger partial charge in [0.25, 0.3) is 5.91 Å². The largest absolute Gasteiger partial charge is 0.303 e. The number of hydrogen-bond donors (Lipinski definition) is 0. The number of amides is 1. The van der Waals surface area contributed by atoms with Crippen LogP contribution in [-0.2, 0) is 11.3 Å². The molecule has 3 aromatic rings. The molecule has 0 saturated carbocycles.